The largest absolute Gasteiger partial charge is 0.333 e. The summed E-state index contributed by atoms with van der Waals surface area (Å²) in [6.07, 6.45) is 0.936. The second-order valence-corrected chi connectivity index (χ2v) is 4.79. The SMILES string of the molecule is CCCN(C(=O)c1n[nH]c(C(C)C)n1)C(C)C. The molecule has 0 radical (unpaired) electrons. The zero-order valence-corrected chi connectivity index (χ0v) is 11.3. The number of H-pyrrole nitrogens is 1. The van der Waals surface area contributed by atoms with Crippen LogP contribution in [0.5, 0.6) is 0 Å². The number of carbonyl (C=O) groups is 1. The van der Waals surface area contributed by atoms with Gasteiger partial charge in [-0.15, -0.1) is 5.10 Å². The Bertz CT molecular complexity index is 370. The third kappa shape index (κ3) is 3.28. The van der Waals surface area contributed by atoms with Crippen molar-refractivity contribution in [1.82, 2.24) is 20.1 Å². The number of hydrogen-bond acceptors (Lipinski definition) is 3. The van der Waals surface area contributed by atoms with Gasteiger partial charge >= 0.3 is 0 Å². The van der Waals surface area contributed by atoms with E-state index in [1.807, 2.05) is 27.7 Å². The molecule has 0 aliphatic heterocycles. The Morgan fingerprint density at radius 2 is 2.00 bits per heavy atom. The maximum atomic E-state index is 12.2. The summed E-state index contributed by atoms with van der Waals surface area (Å²) in [7, 11) is 0. The lowest BCUT2D eigenvalue weighted by molar-refractivity contribution is 0.0693. The van der Waals surface area contributed by atoms with Gasteiger partial charge in [-0.05, 0) is 20.3 Å². The van der Waals surface area contributed by atoms with Gasteiger partial charge in [0, 0.05) is 18.5 Å². The maximum Gasteiger partial charge on any atom is 0.293 e. The van der Waals surface area contributed by atoms with Gasteiger partial charge < -0.3 is 4.90 Å². The molecule has 17 heavy (non-hydrogen) atoms. The summed E-state index contributed by atoms with van der Waals surface area (Å²) in [5.41, 5.74) is 0. The zero-order valence-electron chi connectivity index (χ0n) is 11.3. The molecule has 0 atom stereocenters. The van der Waals surface area contributed by atoms with Crippen molar-refractivity contribution in [2.24, 2.45) is 0 Å². The molecule has 1 aromatic heterocycles. The number of nitrogens with zero attached hydrogens (tertiary/aromatic N) is 3. The first-order chi connectivity index (χ1) is 7.97. The minimum atomic E-state index is -0.0926. The fraction of sp³-hybridized carbons (Fsp3) is 0.750. The molecule has 0 fully saturated rings. The van der Waals surface area contributed by atoms with Crippen LogP contribution in [0.1, 0.15) is 63.4 Å². The average Bonchev–Trinajstić information content (AvgIpc) is 2.73. The van der Waals surface area contributed by atoms with Gasteiger partial charge in [0.05, 0.1) is 0 Å². The Morgan fingerprint density at radius 3 is 2.41 bits per heavy atom. The van der Waals surface area contributed by atoms with Gasteiger partial charge in [-0.3, -0.25) is 9.89 Å². The normalized spacial score (nSPS) is 11.2. The number of amides is 1. The second-order valence-electron chi connectivity index (χ2n) is 4.79. The Balaban J connectivity index is 2.85. The van der Waals surface area contributed by atoms with E-state index >= 15 is 0 Å². The van der Waals surface area contributed by atoms with Crippen molar-refractivity contribution in [2.75, 3.05) is 6.54 Å². The summed E-state index contributed by atoms with van der Waals surface area (Å²) in [5, 5.41) is 6.81. The predicted octanol–water partition coefficient (Wildman–Crippen LogP) is 2.19. The molecule has 1 amide bonds. The summed E-state index contributed by atoms with van der Waals surface area (Å²) >= 11 is 0. The van der Waals surface area contributed by atoms with E-state index in [1.165, 1.54) is 0 Å². The Kier molecular flexibility index (Phi) is 4.66. The Labute approximate surface area is 103 Å². The minimum Gasteiger partial charge on any atom is -0.333 e. The smallest absolute Gasteiger partial charge is 0.293 e. The fourth-order valence-electron chi connectivity index (χ4n) is 1.59. The van der Waals surface area contributed by atoms with Crippen LogP contribution < -0.4 is 0 Å². The quantitative estimate of drug-likeness (QED) is 0.855. The van der Waals surface area contributed by atoms with Crippen molar-refractivity contribution in [3.63, 3.8) is 0 Å². The number of nitrogens with one attached hydrogen (secondary N) is 1. The zero-order chi connectivity index (χ0) is 13.0. The second kappa shape index (κ2) is 5.80. The van der Waals surface area contributed by atoms with E-state index in [0.717, 1.165) is 18.8 Å². The van der Waals surface area contributed by atoms with Crippen LogP contribution in [0.3, 0.4) is 0 Å². The summed E-state index contributed by atoms with van der Waals surface area (Å²) in [5.74, 6) is 1.19. The lowest BCUT2D eigenvalue weighted by Gasteiger charge is -2.24. The van der Waals surface area contributed by atoms with E-state index in [2.05, 4.69) is 22.1 Å². The molecule has 1 heterocycles. The van der Waals surface area contributed by atoms with Crippen molar-refractivity contribution in [3.8, 4) is 0 Å². The highest BCUT2D eigenvalue weighted by atomic mass is 16.2. The van der Waals surface area contributed by atoms with Crippen LogP contribution in [-0.4, -0.2) is 38.6 Å². The highest BCUT2D eigenvalue weighted by Crippen LogP contribution is 2.10. The Hall–Kier alpha value is -1.39. The highest BCUT2D eigenvalue weighted by Gasteiger charge is 2.22. The molecule has 5 heteroatoms. The van der Waals surface area contributed by atoms with Gasteiger partial charge in [-0.25, -0.2) is 4.98 Å². The van der Waals surface area contributed by atoms with Crippen molar-refractivity contribution >= 4 is 5.91 Å². The summed E-state index contributed by atoms with van der Waals surface area (Å²) in [4.78, 5) is 18.2. The first-order valence-electron chi connectivity index (χ1n) is 6.20. The molecule has 96 valence electrons. The van der Waals surface area contributed by atoms with Gasteiger partial charge in [-0.1, -0.05) is 20.8 Å². The molecule has 1 rings (SSSR count). The summed E-state index contributed by atoms with van der Waals surface area (Å²) < 4.78 is 0. The van der Waals surface area contributed by atoms with E-state index in [1.54, 1.807) is 4.90 Å². The van der Waals surface area contributed by atoms with Gasteiger partial charge in [0.25, 0.3) is 5.91 Å². The summed E-state index contributed by atoms with van der Waals surface area (Å²) in [6.45, 7) is 10.8. The number of aromatic nitrogens is 3. The number of rotatable bonds is 5. The van der Waals surface area contributed by atoms with E-state index in [-0.39, 0.29) is 23.7 Å². The molecule has 1 aromatic rings. The maximum absolute atomic E-state index is 12.2. The van der Waals surface area contributed by atoms with Crippen LogP contribution in [0.25, 0.3) is 0 Å². The van der Waals surface area contributed by atoms with Gasteiger partial charge in [0.1, 0.15) is 5.82 Å². The van der Waals surface area contributed by atoms with Gasteiger partial charge in [0.15, 0.2) is 0 Å². The van der Waals surface area contributed by atoms with E-state index in [9.17, 15) is 4.79 Å². The van der Waals surface area contributed by atoms with Crippen LogP contribution in [0.2, 0.25) is 0 Å². The molecule has 0 saturated heterocycles. The predicted molar refractivity (Wildman–Crippen MR) is 66.9 cm³/mol. The molecule has 1 N–H and O–H groups in total. The standard InChI is InChI=1S/C12H22N4O/c1-6-7-16(9(4)5)12(17)11-13-10(8(2)3)14-15-11/h8-9H,6-7H2,1-5H3,(H,13,14,15). The van der Waals surface area contributed by atoms with Crippen molar-refractivity contribution in [1.29, 1.82) is 0 Å². The first-order valence-corrected chi connectivity index (χ1v) is 6.20. The third-order valence-electron chi connectivity index (χ3n) is 2.59. The molecule has 0 unspecified atom stereocenters. The fourth-order valence-corrected chi connectivity index (χ4v) is 1.59. The molecule has 0 bridgehead atoms. The van der Waals surface area contributed by atoms with Crippen molar-refractivity contribution in [3.05, 3.63) is 11.6 Å². The molecule has 0 spiro atoms. The molecule has 0 aliphatic carbocycles. The number of aromatic amines is 1. The van der Waals surface area contributed by atoms with Crippen molar-refractivity contribution < 1.29 is 4.79 Å². The average molecular weight is 238 g/mol. The third-order valence-corrected chi connectivity index (χ3v) is 2.59. The van der Waals surface area contributed by atoms with Crippen LogP contribution in [-0.2, 0) is 0 Å². The van der Waals surface area contributed by atoms with Crippen LogP contribution >= 0.6 is 0 Å². The molecule has 0 aliphatic rings. The van der Waals surface area contributed by atoms with Gasteiger partial charge in [0.2, 0.25) is 5.82 Å². The molecule has 0 saturated carbocycles. The van der Waals surface area contributed by atoms with Crippen LogP contribution in [0.15, 0.2) is 0 Å². The van der Waals surface area contributed by atoms with E-state index in [4.69, 9.17) is 0 Å². The van der Waals surface area contributed by atoms with E-state index in [0.29, 0.717) is 0 Å². The van der Waals surface area contributed by atoms with Gasteiger partial charge in [-0.2, -0.15) is 0 Å². The number of carbonyl (C=O) groups excluding carboxylic acids is 1. The lowest BCUT2D eigenvalue weighted by atomic mass is 10.2. The first kappa shape index (κ1) is 13.7. The lowest BCUT2D eigenvalue weighted by Crippen LogP contribution is -2.38. The van der Waals surface area contributed by atoms with Crippen LogP contribution in [0.4, 0.5) is 0 Å². The molecular formula is C12H22N4O. The Morgan fingerprint density at radius 1 is 1.35 bits per heavy atom. The molecule has 5 nitrogen and oxygen atoms in total. The van der Waals surface area contributed by atoms with E-state index < -0.39 is 0 Å². The minimum absolute atomic E-state index is 0.0926. The molecular weight excluding hydrogens is 216 g/mol. The molecule has 0 aromatic carbocycles. The topological polar surface area (TPSA) is 61.9 Å². The highest BCUT2D eigenvalue weighted by molar-refractivity contribution is 5.90. The van der Waals surface area contributed by atoms with Crippen LogP contribution in [0, 0.1) is 0 Å². The summed E-state index contributed by atoms with van der Waals surface area (Å²) in [6, 6.07) is 0.170. The van der Waals surface area contributed by atoms with Crippen molar-refractivity contribution in [2.45, 2.75) is 53.0 Å². The monoisotopic (exact) mass is 238 g/mol. The number of hydrogen-bond donors (Lipinski definition) is 1.